The number of carboxylic acids is 1. The van der Waals surface area contributed by atoms with Crippen molar-refractivity contribution in [2.24, 2.45) is 0 Å². The second-order valence-corrected chi connectivity index (χ2v) is 5.39. The molecule has 0 heterocycles. The van der Waals surface area contributed by atoms with Crippen molar-refractivity contribution in [3.8, 4) is 0 Å². The van der Waals surface area contributed by atoms with Crippen LogP contribution in [0.2, 0.25) is 5.02 Å². The minimum atomic E-state index is -1.09. The monoisotopic (exact) mass is 296 g/mol. The summed E-state index contributed by atoms with van der Waals surface area (Å²) in [5.74, 6) is -1.09. The van der Waals surface area contributed by atoms with Gasteiger partial charge in [0.25, 0.3) is 0 Å². The number of hydrogen-bond acceptors (Lipinski definition) is 2. The summed E-state index contributed by atoms with van der Waals surface area (Å²) in [7, 11) is 1.78. The number of hydrogen-bond donors (Lipinski definition) is 2. The lowest BCUT2D eigenvalue weighted by Gasteiger charge is -2.24. The molecule has 0 saturated heterocycles. The van der Waals surface area contributed by atoms with Crippen LogP contribution >= 0.6 is 11.6 Å². The molecule has 0 aromatic heterocycles. The summed E-state index contributed by atoms with van der Waals surface area (Å²) >= 11 is 5.87. The van der Waals surface area contributed by atoms with Gasteiger partial charge in [-0.3, -0.25) is 0 Å². The number of carboxylic acid groups (broad SMARTS) is 1. The van der Waals surface area contributed by atoms with E-state index in [1.54, 1.807) is 11.9 Å². The number of carbonyl (C=O) groups excluding carboxylic acids is 1. The Balaban J connectivity index is 2.04. The number of aromatic carboxylic acids is 1. The molecular weight excluding hydrogens is 280 g/mol. The summed E-state index contributed by atoms with van der Waals surface area (Å²) in [5, 5.41) is 11.7. The molecule has 1 aliphatic carbocycles. The molecule has 0 radical (unpaired) electrons. The third kappa shape index (κ3) is 3.22. The van der Waals surface area contributed by atoms with E-state index in [9.17, 15) is 9.59 Å². The van der Waals surface area contributed by atoms with E-state index in [-0.39, 0.29) is 22.7 Å². The number of urea groups is 1. The van der Waals surface area contributed by atoms with Gasteiger partial charge in [-0.05, 0) is 31.0 Å². The molecule has 2 rings (SSSR count). The molecule has 0 spiro atoms. The molecule has 6 heteroatoms. The fraction of sp³-hybridized carbons (Fsp3) is 0.429. The summed E-state index contributed by atoms with van der Waals surface area (Å²) in [5.41, 5.74) is 0.517. The van der Waals surface area contributed by atoms with Crippen molar-refractivity contribution in [3.05, 3.63) is 28.8 Å². The molecule has 0 unspecified atom stereocenters. The Morgan fingerprint density at radius 2 is 2.00 bits per heavy atom. The second-order valence-electron chi connectivity index (χ2n) is 4.98. The van der Waals surface area contributed by atoms with E-state index in [2.05, 4.69) is 5.32 Å². The fourth-order valence-corrected chi connectivity index (χ4v) is 2.70. The molecule has 1 aromatic carbocycles. The van der Waals surface area contributed by atoms with Crippen LogP contribution < -0.4 is 5.32 Å². The highest BCUT2D eigenvalue weighted by molar-refractivity contribution is 6.33. The first-order chi connectivity index (χ1) is 9.49. The molecule has 2 amide bonds. The highest BCUT2D eigenvalue weighted by atomic mass is 35.5. The van der Waals surface area contributed by atoms with Crippen LogP contribution in [0.5, 0.6) is 0 Å². The van der Waals surface area contributed by atoms with Crippen LogP contribution in [0.1, 0.15) is 36.0 Å². The predicted molar refractivity (Wildman–Crippen MR) is 77.4 cm³/mol. The quantitative estimate of drug-likeness (QED) is 0.897. The van der Waals surface area contributed by atoms with Crippen molar-refractivity contribution < 1.29 is 14.7 Å². The van der Waals surface area contributed by atoms with Gasteiger partial charge in [-0.25, -0.2) is 9.59 Å². The Morgan fingerprint density at radius 1 is 1.35 bits per heavy atom. The molecule has 20 heavy (non-hydrogen) atoms. The van der Waals surface area contributed by atoms with E-state index in [4.69, 9.17) is 16.7 Å². The van der Waals surface area contributed by atoms with Gasteiger partial charge in [-0.1, -0.05) is 24.4 Å². The van der Waals surface area contributed by atoms with E-state index in [0.29, 0.717) is 5.69 Å². The van der Waals surface area contributed by atoms with Crippen LogP contribution in [-0.4, -0.2) is 35.1 Å². The first kappa shape index (κ1) is 14.7. The van der Waals surface area contributed by atoms with E-state index in [1.807, 2.05) is 0 Å². The third-order valence-electron chi connectivity index (χ3n) is 3.64. The molecule has 1 aliphatic rings. The number of benzene rings is 1. The Bertz CT molecular complexity index is 527. The SMILES string of the molecule is CN(C(=O)Nc1ccc(C(=O)O)c(Cl)c1)C1CCCC1. The van der Waals surface area contributed by atoms with Crippen LogP contribution in [0.3, 0.4) is 0 Å². The first-order valence-corrected chi connectivity index (χ1v) is 6.93. The zero-order valence-electron chi connectivity index (χ0n) is 11.2. The smallest absolute Gasteiger partial charge is 0.337 e. The van der Waals surface area contributed by atoms with Gasteiger partial charge >= 0.3 is 12.0 Å². The molecular formula is C14H17ClN2O3. The average Bonchev–Trinajstić information content (AvgIpc) is 2.91. The number of anilines is 1. The molecule has 1 aromatic rings. The van der Waals surface area contributed by atoms with Gasteiger partial charge in [0.05, 0.1) is 10.6 Å². The van der Waals surface area contributed by atoms with Crippen molar-refractivity contribution in [2.75, 3.05) is 12.4 Å². The van der Waals surface area contributed by atoms with Crippen molar-refractivity contribution in [2.45, 2.75) is 31.7 Å². The van der Waals surface area contributed by atoms with Gasteiger partial charge < -0.3 is 15.3 Å². The van der Waals surface area contributed by atoms with Crippen molar-refractivity contribution in [1.82, 2.24) is 4.90 Å². The molecule has 0 aliphatic heterocycles. The Labute approximate surface area is 122 Å². The van der Waals surface area contributed by atoms with Crippen LogP contribution in [0.25, 0.3) is 0 Å². The number of rotatable bonds is 3. The topological polar surface area (TPSA) is 69.6 Å². The summed E-state index contributed by atoms with van der Waals surface area (Å²) in [4.78, 5) is 24.6. The highest BCUT2D eigenvalue weighted by Gasteiger charge is 2.23. The minimum Gasteiger partial charge on any atom is -0.478 e. The fourth-order valence-electron chi connectivity index (χ4n) is 2.44. The zero-order chi connectivity index (χ0) is 14.7. The minimum absolute atomic E-state index is 0.0220. The number of carbonyl (C=O) groups is 2. The van der Waals surface area contributed by atoms with Gasteiger partial charge in [-0.15, -0.1) is 0 Å². The van der Waals surface area contributed by atoms with Crippen molar-refractivity contribution >= 4 is 29.3 Å². The van der Waals surface area contributed by atoms with Crippen LogP contribution in [-0.2, 0) is 0 Å². The molecule has 108 valence electrons. The molecule has 2 N–H and O–H groups in total. The summed E-state index contributed by atoms with van der Waals surface area (Å²) in [6.45, 7) is 0. The van der Waals surface area contributed by atoms with Crippen molar-refractivity contribution in [3.63, 3.8) is 0 Å². The lowest BCUT2D eigenvalue weighted by molar-refractivity contribution is 0.0697. The number of nitrogens with one attached hydrogen (secondary N) is 1. The molecule has 1 saturated carbocycles. The lowest BCUT2D eigenvalue weighted by Crippen LogP contribution is -2.38. The van der Waals surface area contributed by atoms with Gasteiger partial charge in [0.1, 0.15) is 0 Å². The summed E-state index contributed by atoms with van der Waals surface area (Å²) < 4.78 is 0. The van der Waals surface area contributed by atoms with E-state index >= 15 is 0 Å². The van der Waals surface area contributed by atoms with Crippen LogP contribution in [0, 0.1) is 0 Å². The van der Waals surface area contributed by atoms with Crippen molar-refractivity contribution in [1.29, 1.82) is 0 Å². The van der Waals surface area contributed by atoms with Crippen LogP contribution in [0.15, 0.2) is 18.2 Å². The maximum absolute atomic E-state index is 12.1. The molecule has 0 atom stereocenters. The highest BCUT2D eigenvalue weighted by Crippen LogP contribution is 2.24. The standard InChI is InChI=1S/C14H17ClN2O3/c1-17(10-4-2-3-5-10)14(20)16-9-6-7-11(13(18)19)12(15)8-9/h6-8,10H,2-5H2,1H3,(H,16,20)(H,18,19). The second kappa shape index (κ2) is 6.13. The van der Waals surface area contributed by atoms with Crippen LogP contribution in [0.4, 0.5) is 10.5 Å². The largest absolute Gasteiger partial charge is 0.478 e. The van der Waals surface area contributed by atoms with Gasteiger partial charge in [-0.2, -0.15) is 0 Å². The number of nitrogens with zero attached hydrogens (tertiary/aromatic N) is 1. The van der Waals surface area contributed by atoms with Gasteiger partial charge in [0.2, 0.25) is 0 Å². The molecule has 5 nitrogen and oxygen atoms in total. The van der Waals surface area contributed by atoms with E-state index in [0.717, 1.165) is 25.7 Å². The maximum Gasteiger partial charge on any atom is 0.337 e. The van der Waals surface area contributed by atoms with Gasteiger partial charge in [0.15, 0.2) is 0 Å². The average molecular weight is 297 g/mol. The Kier molecular flexibility index (Phi) is 4.49. The van der Waals surface area contributed by atoms with E-state index in [1.165, 1.54) is 18.2 Å². The summed E-state index contributed by atoms with van der Waals surface area (Å²) in [6.07, 6.45) is 4.37. The first-order valence-electron chi connectivity index (χ1n) is 6.55. The maximum atomic E-state index is 12.1. The zero-order valence-corrected chi connectivity index (χ0v) is 12.0. The normalized spacial score (nSPS) is 15.1. The molecule has 1 fully saturated rings. The number of amides is 2. The predicted octanol–water partition coefficient (Wildman–Crippen LogP) is 3.44. The Hall–Kier alpha value is -1.75. The van der Waals surface area contributed by atoms with E-state index < -0.39 is 5.97 Å². The third-order valence-corrected chi connectivity index (χ3v) is 3.96. The van der Waals surface area contributed by atoms with Gasteiger partial charge in [0, 0.05) is 18.8 Å². The molecule has 0 bridgehead atoms. The summed E-state index contributed by atoms with van der Waals surface area (Å²) in [6, 6.07) is 4.46. The Morgan fingerprint density at radius 3 is 2.55 bits per heavy atom. The number of halogens is 1. The lowest BCUT2D eigenvalue weighted by atomic mass is 10.2.